The monoisotopic (exact) mass is 378 g/mol. The van der Waals surface area contributed by atoms with E-state index in [1.807, 2.05) is 65.0 Å². The highest BCUT2D eigenvalue weighted by molar-refractivity contribution is 7.16. The van der Waals surface area contributed by atoms with Crippen LogP contribution in [0.4, 0.5) is 0 Å². The lowest BCUT2D eigenvalue weighted by Gasteiger charge is -2.08. The lowest BCUT2D eigenvalue weighted by molar-refractivity contribution is 0.0955. The number of carbonyl (C=O) groups is 1. The standard InChI is InChI=1S/C19H18N6OS/c1-14-16(27-19(23-14)25-10-4-5-11-25)18(26)22-9-13-24-12-8-21-17(24)15-6-2-3-7-20-15/h2-8,10-12H,9,13H2,1H3,(H,22,26). The highest BCUT2D eigenvalue weighted by atomic mass is 32.1. The Bertz CT molecular complexity index is 1040. The molecule has 4 aromatic heterocycles. The van der Waals surface area contributed by atoms with E-state index in [4.69, 9.17) is 0 Å². The molecule has 0 spiro atoms. The van der Waals surface area contributed by atoms with Crippen molar-refractivity contribution < 1.29 is 4.79 Å². The number of carbonyl (C=O) groups excluding carboxylic acids is 1. The number of nitrogens with one attached hydrogen (secondary N) is 1. The minimum atomic E-state index is -0.108. The molecule has 0 aliphatic heterocycles. The van der Waals surface area contributed by atoms with Crippen molar-refractivity contribution in [1.82, 2.24) is 29.4 Å². The Kier molecular flexibility index (Phi) is 4.80. The molecule has 1 N–H and O–H groups in total. The van der Waals surface area contributed by atoms with Gasteiger partial charge in [0.25, 0.3) is 5.91 Å². The molecule has 0 radical (unpaired) electrons. The Labute approximate surface area is 160 Å². The molecule has 0 fully saturated rings. The highest BCUT2D eigenvalue weighted by Gasteiger charge is 2.16. The Hall–Kier alpha value is -3.26. The molecule has 0 unspecified atom stereocenters. The van der Waals surface area contributed by atoms with Gasteiger partial charge in [0.2, 0.25) is 0 Å². The second kappa shape index (κ2) is 7.55. The van der Waals surface area contributed by atoms with Gasteiger partial charge in [-0.1, -0.05) is 17.4 Å². The van der Waals surface area contributed by atoms with Crippen LogP contribution in [-0.4, -0.2) is 36.5 Å². The summed E-state index contributed by atoms with van der Waals surface area (Å²) < 4.78 is 3.88. The van der Waals surface area contributed by atoms with Crippen LogP contribution in [0.25, 0.3) is 16.6 Å². The van der Waals surface area contributed by atoms with Crippen molar-refractivity contribution in [1.29, 1.82) is 0 Å². The van der Waals surface area contributed by atoms with E-state index in [0.717, 1.165) is 22.3 Å². The maximum Gasteiger partial charge on any atom is 0.263 e. The molecular weight excluding hydrogens is 360 g/mol. The number of rotatable bonds is 6. The molecule has 0 aliphatic rings. The number of pyridine rings is 1. The number of imidazole rings is 1. The van der Waals surface area contributed by atoms with Crippen molar-refractivity contribution in [2.24, 2.45) is 0 Å². The average Bonchev–Trinajstić information content (AvgIpc) is 3.43. The fourth-order valence-electron chi connectivity index (χ4n) is 2.75. The van der Waals surface area contributed by atoms with E-state index in [2.05, 4.69) is 20.3 Å². The van der Waals surface area contributed by atoms with E-state index in [0.29, 0.717) is 18.0 Å². The van der Waals surface area contributed by atoms with Crippen LogP contribution in [0.2, 0.25) is 0 Å². The van der Waals surface area contributed by atoms with Crippen LogP contribution < -0.4 is 5.32 Å². The topological polar surface area (TPSA) is 77.6 Å². The molecule has 0 atom stereocenters. The fourth-order valence-corrected chi connectivity index (χ4v) is 3.70. The molecule has 1 amide bonds. The molecule has 0 bridgehead atoms. The Morgan fingerprint density at radius 3 is 2.74 bits per heavy atom. The number of nitrogens with zero attached hydrogens (tertiary/aromatic N) is 5. The first-order valence-electron chi connectivity index (χ1n) is 8.54. The number of thiazole rings is 1. The van der Waals surface area contributed by atoms with Crippen LogP contribution in [0.5, 0.6) is 0 Å². The van der Waals surface area contributed by atoms with Gasteiger partial charge in [-0.3, -0.25) is 9.78 Å². The maximum absolute atomic E-state index is 12.5. The molecule has 0 aliphatic carbocycles. The van der Waals surface area contributed by atoms with Crippen molar-refractivity contribution in [2.75, 3.05) is 6.54 Å². The van der Waals surface area contributed by atoms with Gasteiger partial charge in [-0.15, -0.1) is 0 Å². The third kappa shape index (κ3) is 3.65. The van der Waals surface area contributed by atoms with Gasteiger partial charge in [-0.2, -0.15) is 0 Å². The quantitative estimate of drug-likeness (QED) is 0.560. The Balaban J connectivity index is 1.41. The molecule has 4 heterocycles. The van der Waals surface area contributed by atoms with Gasteiger partial charge in [0.15, 0.2) is 11.0 Å². The first-order chi connectivity index (χ1) is 13.2. The summed E-state index contributed by atoms with van der Waals surface area (Å²) in [6, 6.07) is 9.58. The summed E-state index contributed by atoms with van der Waals surface area (Å²) in [6.45, 7) is 2.96. The normalized spacial score (nSPS) is 10.9. The molecule has 0 saturated heterocycles. The molecule has 0 aromatic carbocycles. The Morgan fingerprint density at radius 1 is 1.11 bits per heavy atom. The molecule has 4 rings (SSSR count). The van der Waals surface area contributed by atoms with Gasteiger partial charge in [0.05, 0.1) is 5.69 Å². The van der Waals surface area contributed by atoms with E-state index in [1.165, 1.54) is 11.3 Å². The molecule has 27 heavy (non-hydrogen) atoms. The number of aryl methyl sites for hydroxylation is 1. The van der Waals surface area contributed by atoms with Crippen molar-refractivity contribution in [3.63, 3.8) is 0 Å². The van der Waals surface area contributed by atoms with Gasteiger partial charge in [-0.25, -0.2) is 9.97 Å². The lowest BCUT2D eigenvalue weighted by Crippen LogP contribution is -2.27. The third-order valence-electron chi connectivity index (χ3n) is 4.06. The zero-order valence-electron chi connectivity index (χ0n) is 14.7. The average molecular weight is 378 g/mol. The molecule has 0 saturated carbocycles. The maximum atomic E-state index is 12.5. The SMILES string of the molecule is Cc1nc(-n2cccc2)sc1C(=O)NCCn1ccnc1-c1ccccn1. The van der Waals surface area contributed by atoms with Gasteiger partial charge in [0, 0.05) is 44.1 Å². The number of amides is 1. The number of aromatic nitrogens is 5. The summed E-state index contributed by atoms with van der Waals surface area (Å²) in [5.74, 6) is 0.677. The minimum Gasteiger partial charge on any atom is -0.349 e. The predicted molar refractivity (Wildman–Crippen MR) is 104 cm³/mol. The zero-order valence-corrected chi connectivity index (χ0v) is 15.6. The van der Waals surface area contributed by atoms with Gasteiger partial charge >= 0.3 is 0 Å². The molecule has 136 valence electrons. The lowest BCUT2D eigenvalue weighted by atomic mass is 10.3. The second-order valence-electron chi connectivity index (χ2n) is 5.92. The molecule has 4 aromatic rings. The van der Waals surface area contributed by atoms with Gasteiger partial charge < -0.3 is 14.5 Å². The largest absolute Gasteiger partial charge is 0.349 e. The summed E-state index contributed by atoms with van der Waals surface area (Å²) in [5, 5.41) is 3.76. The molecule has 7 nitrogen and oxygen atoms in total. The van der Waals surface area contributed by atoms with E-state index >= 15 is 0 Å². The third-order valence-corrected chi connectivity index (χ3v) is 5.23. The minimum absolute atomic E-state index is 0.108. The van der Waals surface area contributed by atoms with Crippen molar-refractivity contribution in [2.45, 2.75) is 13.5 Å². The van der Waals surface area contributed by atoms with Crippen LogP contribution in [0.15, 0.2) is 61.3 Å². The Morgan fingerprint density at radius 2 is 1.96 bits per heavy atom. The van der Waals surface area contributed by atoms with E-state index in [1.54, 1.807) is 12.4 Å². The molecule has 8 heteroatoms. The summed E-state index contributed by atoms with van der Waals surface area (Å²) in [4.78, 5) is 26.4. The van der Waals surface area contributed by atoms with Gasteiger partial charge in [-0.05, 0) is 31.2 Å². The highest BCUT2D eigenvalue weighted by Crippen LogP contribution is 2.21. The summed E-state index contributed by atoms with van der Waals surface area (Å²) in [5.41, 5.74) is 1.54. The zero-order chi connectivity index (χ0) is 18.6. The summed E-state index contributed by atoms with van der Waals surface area (Å²) in [7, 11) is 0. The van der Waals surface area contributed by atoms with Crippen LogP contribution in [0, 0.1) is 6.92 Å². The summed E-state index contributed by atoms with van der Waals surface area (Å²) in [6.07, 6.45) is 9.20. The van der Waals surface area contributed by atoms with Crippen LogP contribution in [0.3, 0.4) is 0 Å². The van der Waals surface area contributed by atoms with Crippen LogP contribution >= 0.6 is 11.3 Å². The first kappa shape index (κ1) is 17.2. The van der Waals surface area contributed by atoms with E-state index < -0.39 is 0 Å². The predicted octanol–water partition coefficient (Wildman–Crippen LogP) is 2.93. The van der Waals surface area contributed by atoms with Crippen LogP contribution in [0.1, 0.15) is 15.4 Å². The van der Waals surface area contributed by atoms with Gasteiger partial charge in [0.1, 0.15) is 10.6 Å². The smallest absolute Gasteiger partial charge is 0.263 e. The van der Waals surface area contributed by atoms with Crippen molar-refractivity contribution in [3.05, 3.63) is 71.9 Å². The number of hydrogen-bond acceptors (Lipinski definition) is 5. The first-order valence-corrected chi connectivity index (χ1v) is 9.35. The van der Waals surface area contributed by atoms with E-state index in [-0.39, 0.29) is 5.91 Å². The fraction of sp³-hybridized carbons (Fsp3) is 0.158. The van der Waals surface area contributed by atoms with Crippen molar-refractivity contribution >= 4 is 17.2 Å². The molecular formula is C19H18N6OS. The van der Waals surface area contributed by atoms with Crippen molar-refractivity contribution in [3.8, 4) is 16.6 Å². The number of hydrogen-bond donors (Lipinski definition) is 1. The second-order valence-corrected chi connectivity index (χ2v) is 6.89. The van der Waals surface area contributed by atoms with E-state index in [9.17, 15) is 4.79 Å². The summed E-state index contributed by atoms with van der Waals surface area (Å²) >= 11 is 1.38. The van der Waals surface area contributed by atoms with Crippen LogP contribution in [-0.2, 0) is 6.54 Å².